The minimum atomic E-state index is -0.436. The van der Waals surface area contributed by atoms with E-state index in [2.05, 4.69) is 5.32 Å². The zero-order valence-electron chi connectivity index (χ0n) is 7.45. The minimum absolute atomic E-state index is 0.317. The molecule has 6 heteroatoms. The molecule has 1 unspecified atom stereocenters. The molecule has 1 heterocycles. The van der Waals surface area contributed by atoms with Gasteiger partial charge in [0.15, 0.2) is 5.11 Å². The van der Waals surface area contributed by atoms with Crippen LogP contribution in [0.4, 0.5) is 0 Å². The third-order valence-corrected chi connectivity index (χ3v) is 2.37. The summed E-state index contributed by atoms with van der Waals surface area (Å²) in [5.74, 6) is -0.405. The number of primary amides is 1. The molecule has 1 rings (SSSR count). The van der Waals surface area contributed by atoms with E-state index in [0.29, 0.717) is 24.9 Å². The van der Waals surface area contributed by atoms with E-state index in [0.717, 1.165) is 0 Å². The van der Waals surface area contributed by atoms with Crippen LogP contribution in [0.2, 0.25) is 0 Å². The molecule has 1 aliphatic heterocycles. The molecule has 3 N–H and O–H groups in total. The van der Waals surface area contributed by atoms with E-state index in [1.807, 2.05) is 0 Å². The van der Waals surface area contributed by atoms with E-state index < -0.39 is 11.9 Å². The monoisotopic (exact) mass is 203 g/mol. The quantitative estimate of drug-likeness (QED) is 0.517. The van der Waals surface area contributed by atoms with Crippen molar-refractivity contribution in [2.75, 3.05) is 26.8 Å². The number of morpholine rings is 1. The lowest BCUT2D eigenvalue weighted by molar-refractivity contribution is -0.126. The van der Waals surface area contributed by atoms with Crippen LogP contribution in [0.5, 0.6) is 0 Å². The molecule has 74 valence electrons. The van der Waals surface area contributed by atoms with Crippen molar-refractivity contribution in [2.24, 2.45) is 5.73 Å². The highest BCUT2D eigenvalue weighted by molar-refractivity contribution is 7.80. The van der Waals surface area contributed by atoms with Crippen molar-refractivity contribution >= 4 is 23.2 Å². The molecule has 1 aliphatic rings. The highest BCUT2D eigenvalue weighted by Crippen LogP contribution is 2.06. The largest absolute Gasteiger partial charge is 0.377 e. The number of rotatable bonds is 1. The maximum Gasteiger partial charge on any atom is 0.242 e. The number of carbonyl (C=O) groups is 1. The molecular formula is C7H13N3O2S. The van der Waals surface area contributed by atoms with Gasteiger partial charge in [0.05, 0.1) is 13.2 Å². The van der Waals surface area contributed by atoms with Crippen LogP contribution in [0.3, 0.4) is 0 Å². The number of amides is 1. The third kappa shape index (κ3) is 2.28. The second kappa shape index (κ2) is 4.38. The summed E-state index contributed by atoms with van der Waals surface area (Å²) in [4.78, 5) is 12.7. The SMILES string of the molecule is CNC(=S)N1CCOCC1C(N)=O. The van der Waals surface area contributed by atoms with Crippen molar-refractivity contribution in [1.29, 1.82) is 0 Å². The van der Waals surface area contributed by atoms with Crippen molar-refractivity contribution in [3.05, 3.63) is 0 Å². The molecular weight excluding hydrogens is 190 g/mol. The maximum absolute atomic E-state index is 11.0. The van der Waals surface area contributed by atoms with Crippen LogP contribution in [0.15, 0.2) is 0 Å². The van der Waals surface area contributed by atoms with E-state index in [-0.39, 0.29) is 0 Å². The maximum atomic E-state index is 11.0. The molecule has 0 aromatic heterocycles. The molecule has 1 saturated heterocycles. The lowest BCUT2D eigenvalue weighted by Crippen LogP contribution is -2.56. The highest BCUT2D eigenvalue weighted by Gasteiger charge is 2.28. The van der Waals surface area contributed by atoms with Crippen molar-refractivity contribution in [3.8, 4) is 0 Å². The van der Waals surface area contributed by atoms with Crippen LogP contribution in [-0.4, -0.2) is 48.8 Å². The Labute approximate surface area is 82.2 Å². The Morgan fingerprint density at radius 1 is 1.77 bits per heavy atom. The Morgan fingerprint density at radius 2 is 2.46 bits per heavy atom. The topological polar surface area (TPSA) is 67.6 Å². The van der Waals surface area contributed by atoms with Crippen molar-refractivity contribution < 1.29 is 9.53 Å². The van der Waals surface area contributed by atoms with Gasteiger partial charge in [0.1, 0.15) is 6.04 Å². The van der Waals surface area contributed by atoms with E-state index in [4.69, 9.17) is 22.7 Å². The number of hydrogen-bond donors (Lipinski definition) is 2. The summed E-state index contributed by atoms with van der Waals surface area (Å²) in [6.45, 7) is 1.50. The number of hydrogen-bond acceptors (Lipinski definition) is 3. The average Bonchev–Trinajstić information content (AvgIpc) is 2.16. The Hall–Kier alpha value is -0.880. The van der Waals surface area contributed by atoms with Gasteiger partial charge in [-0.3, -0.25) is 4.79 Å². The lowest BCUT2D eigenvalue weighted by Gasteiger charge is -2.34. The van der Waals surface area contributed by atoms with E-state index >= 15 is 0 Å². The first-order valence-corrected chi connectivity index (χ1v) is 4.43. The fourth-order valence-corrected chi connectivity index (χ4v) is 1.44. The molecule has 1 fully saturated rings. The number of thiocarbonyl (C=S) groups is 1. The third-order valence-electron chi connectivity index (χ3n) is 1.93. The van der Waals surface area contributed by atoms with Crippen LogP contribution >= 0.6 is 12.2 Å². The zero-order chi connectivity index (χ0) is 9.84. The van der Waals surface area contributed by atoms with Gasteiger partial charge >= 0.3 is 0 Å². The fourth-order valence-electron chi connectivity index (χ4n) is 1.23. The average molecular weight is 203 g/mol. The smallest absolute Gasteiger partial charge is 0.242 e. The lowest BCUT2D eigenvalue weighted by atomic mass is 10.2. The Morgan fingerprint density at radius 3 is 3.00 bits per heavy atom. The van der Waals surface area contributed by atoms with Crippen molar-refractivity contribution in [2.45, 2.75) is 6.04 Å². The molecule has 0 aromatic carbocycles. The molecule has 1 atom stereocenters. The molecule has 13 heavy (non-hydrogen) atoms. The summed E-state index contributed by atoms with van der Waals surface area (Å²) < 4.78 is 5.14. The van der Waals surface area contributed by atoms with Gasteiger partial charge in [0, 0.05) is 13.6 Å². The summed E-state index contributed by atoms with van der Waals surface area (Å²) in [5.41, 5.74) is 5.20. The summed E-state index contributed by atoms with van der Waals surface area (Å²) in [5, 5.41) is 3.35. The summed E-state index contributed by atoms with van der Waals surface area (Å²) in [6.07, 6.45) is 0. The van der Waals surface area contributed by atoms with Gasteiger partial charge in [-0.15, -0.1) is 0 Å². The van der Waals surface area contributed by atoms with Crippen molar-refractivity contribution in [3.63, 3.8) is 0 Å². The number of nitrogens with one attached hydrogen (secondary N) is 1. The number of nitrogens with zero attached hydrogens (tertiary/aromatic N) is 1. The molecule has 0 saturated carbocycles. The minimum Gasteiger partial charge on any atom is -0.377 e. The standard InChI is InChI=1S/C7H13N3O2S/c1-9-7(13)10-2-3-12-4-5(10)6(8)11/h5H,2-4H2,1H3,(H2,8,11)(H,9,13). The Bertz CT molecular complexity index is 222. The summed E-state index contributed by atoms with van der Waals surface area (Å²) in [7, 11) is 1.72. The van der Waals surface area contributed by atoms with E-state index in [1.165, 1.54) is 0 Å². The first-order chi connectivity index (χ1) is 6.16. The van der Waals surface area contributed by atoms with Gasteiger partial charge in [-0.05, 0) is 12.2 Å². The molecule has 0 aromatic rings. The van der Waals surface area contributed by atoms with Crippen LogP contribution < -0.4 is 11.1 Å². The second-order valence-electron chi connectivity index (χ2n) is 2.74. The van der Waals surface area contributed by atoms with E-state index in [1.54, 1.807) is 11.9 Å². The van der Waals surface area contributed by atoms with Gasteiger partial charge < -0.3 is 20.7 Å². The van der Waals surface area contributed by atoms with Crippen LogP contribution in [0.25, 0.3) is 0 Å². The van der Waals surface area contributed by atoms with Crippen LogP contribution in [0, 0.1) is 0 Å². The van der Waals surface area contributed by atoms with Gasteiger partial charge in [0.2, 0.25) is 5.91 Å². The van der Waals surface area contributed by atoms with Gasteiger partial charge in [-0.25, -0.2) is 0 Å². The van der Waals surface area contributed by atoms with Gasteiger partial charge in [0.25, 0.3) is 0 Å². The normalized spacial score (nSPS) is 22.5. The van der Waals surface area contributed by atoms with Crippen molar-refractivity contribution in [1.82, 2.24) is 10.2 Å². The molecule has 5 nitrogen and oxygen atoms in total. The fraction of sp³-hybridized carbons (Fsp3) is 0.714. The number of nitrogens with two attached hydrogens (primary N) is 1. The molecule has 0 spiro atoms. The molecule has 0 radical (unpaired) electrons. The van der Waals surface area contributed by atoms with Gasteiger partial charge in [-0.2, -0.15) is 0 Å². The molecule has 0 aliphatic carbocycles. The Balaban J connectivity index is 2.67. The summed E-state index contributed by atoms with van der Waals surface area (Å²) >= 11 is 5.02. The second-order valence-corrected chi connectivity index (χ2v) is 3.13. The zero-order valence-corrected chi connectivity index (χ0v) is 8.26. The predicted molar refractivity (Wildman–Crippen MR) is 52.2 cm³/mol. The first kappa shape index (κ1) is 10.2. The van der Waals surface area contributed by atoms with Crippen LogP contribution in [-0.2, 0) is 9.53 Å². The number of carbonyl (C=O) groups excluding carboxylic acids is 1. The molecule has 0 bridgehead atoms. The van der Waals surface area contributed by atoms with Crippen LogP contribution in [0.1, 0.15) is 0 Å². The van der Waals surface area contributed by atoms with Gasteiger partial charge in [-0.1, -0.05) is 0 Å². The Kier molecular flexibility index (Phi) is 3.44. The first-order valence-electron chi connectivity index (χ1n) is 4.02. The number of ether oxygens (including phenoxy) is 1. The molecule has 1 amide bonds. The predicted octanol–water partition coefficient (Wildman–Crippen LogP) is -1.32. The highest BCUT2D eigenvalue weighted by atomic mass is 32.1. The van der Waals surface area contributed by atoms with E-state index in [9.17, 15) is 4.79 Å². The summed E-state index contributed by atoms with van der Waals surface area (Å²) in [6, 6.07) is -0.436.